The van der Waals surface area contributed by atoms with Crippen LogP contribution in [0.3, 0.4) is 0 Å². The van der Waals surface area contributed by atoms with Crippen molar-refractivity contribution in [2.24, 2.45) is 7.05 Å². The summed E-state index contributed by atoms with van der Waals surface area (Å²) >= 11 is 0. The van der Waals surface area contributed by atoms with Gasteiger partial charge in [-0.3, -0.25) is 14.4 Å². The first-order valence-electron chi connectivity index (χ1n) is 9.72. The SMILES string of the molecule is Cc1cc(C(=O)OC2CCCN(c3ccn(C)n3)C2=O)c(C)n1-c1ccccc1. The van der Waals surface area contributed by atoms with Crippen LogP contribution < -0.4 is 4.90 Å². The minimum Gasteiger partial charge on any atom is -0.449 e. The Kier molecular flexibility index (Phi) is 4.96. The van der Waals surface area contributed by atoms with Gasteiger partial charge in [0, 0.05) is 42.9 Å². The molecule has 1 unspecified atom stereocenters. The van der Waals surface area contributed by atoms with E-state index in [9.17, 15) is 9.59 Å². The molecule has 0 spiro atoms. The number of benzene rings is 1. The van der Waals surface area contributed by atoms with Crippen LogP contribution in [0, 0.1) is 13.8 Å². The third-order valence-electron chi connectivity index (χ3n) is 5.28. The first-order chi connectivity index (χ1) is 14.0. The zero-order valence-corrected chi connectivity index (χ0v) is 16.8. The zero-order chi connectivity index (χ0) is 20.5. The molecule has 1 amide bonds. The Balaban J connectivity index is 1.54. The van der Waals surface area contributed by atoms with E-state index < -0.39 is 12.1 Å². The molecule has 29 heavy (non-hydrogen) atoms. The number of nitrogens with zero attached hydrogens (tertiary/aromatic N) is 4. The van der Waals surface area contributed by atoms with Gasteiger partial charge >= 0.3 is 5.97 Å². The van der Waals surface area contributed by atoms with Crippen LogP contribution in [0.4, 0.5) is 5.82 Å². The Labute approximate surface area is 169 Å². The van der Waals surface area contributed by atoms with Gasteiger partial charge in [0.25, 0.3) is 5.91 Å². The molecule has 1 atom stereocenters. The number of hydrogen-bond acceptors (Lipinski definition) is 4. The predicted molar refractivity (Wildman–Crippen MR) is 109 cm³/mol. The van der Waals surface area contributed by atoms with Gasteiger partial charge in [0.15, 0.2) is 11.9 Å². The van der Waals surface area contributed by atoms with Crippen LogP contribution in [0.1, 0.15) is 34.6 Å². The first-order valence-corrected chi connectivity index (χ1v) is 9.72. The number of esters is 1. The maximum atomic E-state index is 12.9. The van der Waals surface area contributed by atoms with E-state index in [-0.39, 0.29) is 5.91 Å². The number of para-hydroxylation sites is 1. The number of anilines is 1. The molecule has 0 N–H and O–H groups in total. The molecule has 0 radical (unpaired) electrons. The van der Waals surface area contributed by atoms with Gasteiger partial charge < -0.3 is 9.30 Å². The van der Waals surface area contributed by atoms with Crippen LogP contribution in [0.15, 0.2) is 48.7 Å². The van der Waals surface area contributed by atoms with Gasteiger partial charge in [0.1, 0.15) is 0 Å². The molecule has 4 rings (SSSR count). The van der Waals surface area contributed by atoms with E-state index in [2.05, 4.69) is 5.10 Å². The highest BCUT2D eigenvalue weighted by Crippen LogP contribution is 2.25. The third-order valence-corrected chi connectivity index (χ3v) is 5.28. The van der Waals surface area contributed by atoms with Gasteiger partial charge in [0.2, 0.25) is 0 Å². The number of amides is 1. The highest BCUT2D eigenvalue weighted by molar-refractivity contribution is 5.99. The summed E-state index contributed by atoms with van der Waals surface area (Å²) in [5.74, 6) is -0.109. The van der Waals surface area contributed by atoms with E-state index >= 15 is 0 Å². The third kappa shape index (κ3) is 3.55. The van der Waals surface area contributed by atoms with Crippen LogP contribution in [-0.2, 0) is 16.6 Å². The second-order valence-electron chi connectivity index (χ2n) is 7.33. The monoisotopic (exact) mass is 392 g/mol. The van der Waals surface area contributed by atoms with Crippen LogP contribution in [-0.4, -0.2) is 38.9 Å². The molecule has 3 aromatic rings. The molecule has 1 fully saturated rings. The van der Waals surface area contributed by atoms with E-state index in [4.69, 9.17) is 4.74 Å². The summed E-state index contributed by atoms with van der Waals surface area (Å²) in [5, 5.41) is 4.30. The fourth-order valence-electron chi connectivity index (χ4n) is 3.86. The van der Waals surface area contributed by atoms with Crippen molar-refractivity contribution in [2.75, 3.05) is 11.4 Å². The number of ether oxygens (including phenoxy) is 1. The average molecular weight is 392 g/mol. The molecule has 0 aliphatic carbocycles. The Hall–Kier alpha value is -3.35. The van der Waals surface area contributed by atoms with Gasteiger partial charge in [0.05, 0.1) is 5.56 Å². The second kappa shape index (κ2) is 7.58. The molecular formula is C22H24N4O3. The van der Waals surface area contributed by atoms with Gasteiger partial charge in [-0.15, -0.1) is 0 Å². The van der Waals surface area contributed by atoms with Crippen LogP contribution in [0.25, 0.3) is 5.69 Å². The van der Waals surface area contributed by atoms with Gasteiger partial charge in [-0.2, -0.15) is 5.10 Å². The summed E-state index contributed by atoms with van der Waals surface area (Å²) < 4.78 is 9.32. The van der Waals surface area contributed by atoms with Crippen molar-refractivity contribution in [2.45, 2.75) is 32.8 Å². The predicted octanol–water partition coefficient (Wildman–Crippen LogP) is 3.18. The number of carbonyl (C=O) groups excluding carboxylic acids is 2. The van der Waals surface area contributed by atoms with Crippen LogP contribution in [0.2, 0.25) is 0 Å². The molecule has 2 aromatic heterocycles. The van der Waals surface area contributed by atoms with E-state index in [0.717, 1.165) is 23.5 Å². The van der Waals surface area contributed by atoms with Gasteiger partial charge in [-0.25, -0.2) is 4.79 Å². The molecule has 0 bridgehead atoms. The standard InChI is InChI=1S/C22H24N4O3/c1-15-14-18(16(2)26(15)17-8-5-4-6-9-17)22(28)29-19-10-7-12-25(21(19)27)20-11-13-24(3)23-20/h4-6,8-9,11,13-14,19H,7,10,12H2,1-3H3. The highest BCUT2D eigenvalue weighted by Gasteiger charge is 2.34. The van der Waals surface area contributed by atoms with E-state index in [1.807, 2.05) is 54.8 Å². The molecular weight excluding hydrogens is 368 g/mol. The first kappa shape index (κ1) is 19.0. The molecule has 1 aliphatic rings. The maximum absolute atomic E-state index is 12.9. The molecule has 150 valence electrons. The van der Waals surface area contributed by atoms with Crippen molar-refractivity contribution in [3.8, 4) is 5.69 Å². The van der Waals surface area contributed by atoms with Crippen LogP contribution >= 0.6 is 0 Å². The Morgan fingerprint density at radius 1 is 1.17 bits per heavy atom. The normalized spacial score (nSPS) is 16.9. The molecule has 3 heterocycles. The van der Waals surface area contributed by atoms with E-state index in [1.54, 1.807) is 28.9 Å². The molecule has 7 heteroatoms. The number of aryl methyl sites for hydroxylation is 2. The smallest absolute Gasteiger partial charge is 0.340 e. The minimum absolute atomic E-state index is 0.222. The molecule has 0 saturated carbocycles. The minimum atomic E-state index is -0.793. The fraction of sp³-hybridized carbons (Fsp3) is 0.318. The van der Waals surface area contributed by atoms with E-state index in [0.29, 0.717) is 24.3 Å². The number of rotatable bonds is 4. The summed E-state index contributed by atoms with van der Waals surface area (Å²) in [7, 11) is 1.80. The van der Waals surface area contributed by atoms with Crippen molar-refractivity contribution < 1.29 is 14.3 Å². The maximum Gasteiger partial charge on any atom is 0.340 e. The Morgan fingerprint density at radius 3 is 2.62 bits per heavy atom. The lowest BCUT2D eigenvalue weighted by Gasteiger charge is -2.30. The Morgan fingerprint density at radius 2 is 1.93 bits per heavy atom. The molecule has 1 saturated heterocycles. The lowest BCUT2D eigenvalue weighted by molar-refractivity contribution is -0.129. The lowest BCUT2D eigenvalue weighted by atomic mass is 10.1. The van der Waals surface area contributed by atoms with Gasteiger partial charge in [-0.1, -0.05) is 18.2 Å². The van der Waals surface area contributed by atoms with Crippen molar-refractivity contribution >= 4 is 17.7 Å². The van der Waals surface area contributed by atoms with Crippen molar-refractivity contribution in [3.63, 3.8) is 0 Å². The molecule has 7 nitrogen and oxygen atoms in total. The highest BCUT2D eigenvalue weighted by atomic mass is 16.5. The topological polar surface area (TPSA) is 69.4 Å². The summed E-state index contributed by atoms with van der Waals surface area (Å²) in [5.41, 5.74) is 3.19. The van der Waals surface area contributed by atoms with Crippen LogP contribution in [0.5, 0.6) is 0 Å². The Bertz CT molecular complexity index is 1050. The number of piperidine rings is 1. The summed E-state index contributed by atoms with van der Waals surface area (Å²) in [4.78, 5) is 27.4. The quantitative estimate of drug-likeness (QED) is 0.640. The second-order valence-corrected chi connectivity index (χ2v) is 7.33. The fourth-order valence-corrected chi connectivity index (χ4v) is 3.86. The van der Waals surface area contributed by atoms with Crippen molar-refractivity contribution in [1.29, 1.82) is 0 Å². The largest absolute Gasteiger partial charge is 0.449 e. The number of hydrogen-bond donors (Lipinski definition) is 0. The number of carbonyl (C=O) groups is 2. The molecule has 1 aliphatic heterocycles. The average Bonchev–Trinajstić information content (AvgIpc) is 3.27. The lowest BCUT2D eigenvalue weighted by Crippen LogP contribution is -2.46. The van der Waals surface area contributed by atoms with Gasteiger partial charge in [-0.05, 0) is 44.9 Å². The summed E-state index contributed by atoms with van der Waals surface area (Å²) in [6, 6.07) is 13.5. The summed E-state index contributed by atoms with van der Waals surface area (Å²) in [6.45, 7) is 4.41. The van der Waals surface area contributed by atoms with E-state index in [1.165, 1.54) is 0 Å². The number of aromatic nitrogens is 3. The summed E-state index contributed by atoms with van der Waals surface area (Å²) in [6.07, 6.45) is 2.27. The van der Waals surface area contributed by atoms with Crippen molar-refractivity contribution in [1.82, 2.24) is 14.3 Å². The molecule has 1 aromatic carbocycles. The zero-order valence-electron chi connectivity index (χ0n) is 16.8. The van der Waals surface area contributed by atoms with Crippen molar-refractivity contribution in [3.05, 3.63) is 65.6 Å².